The van der Waals surface area contributed by atoms with Crippen molar-refractivity contribution in [3.8, 4) is 0 Å². The van der Waals surface area contributed by atoms with Crippen molar-refractivity contribution in [3.63, 3.8) is 0 Å². The molecule has 18 heavy (non-hydrogen) atoms. The van der Waals surface area contributed by atoms with Gasteiger partial charge in [-0.1, -0.05) is 39.3 Å². The van der Waals surface area contributed by atoms with Gasteiger partial charge in [-0.15, -0.1) is 0 Å². The number of nitrogens with one attached hydrogen (secondary N) is 1. The van der Waals surface area contributed by atoms with Crippen LogP contribution in [0.3, 0.4) is 0 Å². The summed E-state index contributed by atoms with van der Waals surface area (Å²) < 4.78 is 7.05. The normalized spacial score (nSPS) is 14.9. The average molecular weight is 310 g/mol. The van der Waals surface area contributed by atoms with Crippen molar-refractivity contribution < 1.29 is 4.42 Å². The van der Waals surface area contributed by atoms with Crippen molar-refractivity contribution in [3.05, 3.63) is 34.5 Å². The third-order valence-corrected chi connectivity index (χ3v) is 4.08. The van der Waals surface area contributed by atoms with E-state index in [-0.39, 0.29) is 0 Å². The Morgan fingerprint density at radius 3 is 2.72 bits per heavy atom. The van der Waals surface area contributed by atoms with Gasteiger partial charge in [-0.3, -0.25) is 0 Å². The fourth-order valence-corrected chi connectivity index (χ4v) is 2.70. The lowest BCUT2D eigenvalue weighted by Crippen LogP contribution is -2.26. The first-order chi connectivity index (χ1) is 8.67. The number of hydrogen-bond acceptors (Lipinski definition) is 2. The van der Waals surface area contributed by atoms with Crippen LogP contribution in [0.4, 0.5) is 0 Å². The molecule has 0 aliphatic carbocycles. The molecule has 0 amide bonds. The SMILES string of the molecule is CCNC(c1cc2cccc(Br)c2o1)C(C)CC. The first-order valence-electron chi connectivity index (χ1n) is 6.58. The Bertz CT molecular complexity index is 520. The number of furan rings is 1. The Hall–Kier alpha value is -0.800. The Labute approximate surface area is 117 Å². The zero-order chi connectivity index (χ0) is 13.1. The molecular formula is C15H20BrNO. The Kier molecular flexibility index (Phi) is 4.46. The van der Waals surface area contributed by atoms with Gasteiger partial charge in [-0.2, -0.15) is 0 Å². The summed E-state index contributed by atoms with van der Waals surface area (Å²) in [4.78, 5) is 0. The minimum absolute atomic E-state index is 0.291. The molecule has 2 unspecified atom stereocenters. The van der Waals surface area contributed by atoms with Crippen LogP contribution in [0, 0.1) is 5.92 Å². The van der Waals surface area contributed by atoms with E-state index in [1.165, 1.54) is 0 Å². The van der Waals surface area contributed by atoms with Crippen molar-refractivity contribution in [2.45, 2.75) is 33.2 Å². The number of halogens is 1. The van der Waals surface area contributed by atoms with E-state index in [1.807, 2.05) is 12.1 Å². The summed E-state index contributed by atoms with van der Waals surface area (Å²) in [7, 11) is 0. The topological polar surface area (TPSA) is 25.2 Å². The summed E-state index contributed by atoms with van der Waals surface area (Å²) in [5, 5.41) is 4.68. The predicted molar refractivity (Wildman–Crippen MR) is 79.8 cm³/mol. The van der Waals surface area contributed by atoms with E-state index in [2.05, 4.69) is 54.2 Å². The quantitative estimate of drug-likeness (QED) is 0.850. The van der Waals surface area contributed by atoms with Crippen molar-refractivity contribution in [1.29, 1.82) is 0 Å². The van der Waals surface area contributed by atoms with Gasteiger partial charge in [-0.05, 0) is 40.5 Å². The fraction of sp³-hybridized carbons (Fsp3) is 0.467. The first kappa shape index (κ1) is 13.6. The largest absolute Gasteiger partial charge is 0.458 e. The van der Waals surface area contributed by atoms with Crippen molar-refractivity contribution in [1.82, 2.24) is 5.32 Å². The molecule has 1 N–H and O–H groups in total. The van der Waals surface area contributed by atoms with Crippen molar-refractivity contribution in [2.24, 2.45) is 5.92 Å². The minimum Gasteiger partial charge on any atom is -0.458 e. The standard InChI is InChI=1S/C15H20BrNO/c1-4-10(3)14(17-5-2)13-9-11-7-6-8-12(16)15(11)18-13/h6-10,14,17H,4-5H2,1-3H3. The Morgan fingerprint density at radius 1 is 1.33 bits per heavy atom. The van der Waals surface area contributed by atoms with Gasteiger partial charge in [0.05, 0.1) is 10.5 Å². The first-order valence-corrected chi connectivity index (χ1v) is 7.38. The van der Waals surface area contributed by atoms with Gasteiger partial charge >= 0.3 is 0 Å². The molecule has 2 rings (SSSR count). The molecule has 2 aromatic rings. The monoisotopic (exact) mass is 309 g/mol. The second-order valence-corrected chi connectivity index (χ2v) is 5.58. The van der Waals surface area contributed by atoms with E-state index in [0.29, 0.717) is 12.0 Å². The summed E-state index contributed by atoms with van der Waals surface area (Å²) in [6.45, 7) is 7.56. The molecule has 1 aromatic heterocycles. The van der Waals surface area contributed by atoms with E-state index in [4.69, 9.17) is 4.42 Å². The Morgan fingerprint density at radius 2 is 2.11 bits per heavy atom. The molecule has 2 nitrogen and oxygen atoms in total. The average Bonchev–Trinajstić information content (AvgIpc) is 2.80. The molecule has 3 heteroatoms. The van der Waals surface area contributed by atoms with E-state index in [9.17, 15) is 0 Å². The van der Waals surface area contributed by atoms with Crippen LogP contribution in [0.15, 0.2) is 33.2 Å². The maximum absolute atomic E-state index is 6.03. The number of benzene rings is 1. The molecule has 0 radical (unpaired) electrons. The third-order valence-electron chi connectivity index (χ3n) is 3.46. The molecule has 0 saturated heterocycles. The molecule has 0 aliphatic heterocycles. The Balaban J connectivity index is 2.41. The number of fused-ring (bicyclic) bond motifs is 1. The second kappa shape index (κ2) is 5.89. The van der Waals surface area contributed by atoms with Crippen LogP contribution in [0.5, 0.6) is 0 Å². The molecule has 0 fully saturated rings. The van der Waals surface area contributed by atoms with Gasteiger partial charge in [0.2, 0.25) is 0 Å². The molecule has 1 heterocycles. The molecule has 1 aromatic carbocycles. The van der Waals surface area contributed by atoms with Gasteiger partial charge in [0.1, 0.15) is 11.3 Å². The summed E-state index contributed by atoms with van der Waals surface area (Å²) in [6.07, 6.45) is 1.13. The molecule has 0 saturated carbocycles. The number of para-hydroxylation sites is 1. The summed E-state index contributed by atoms with van der Waals surface area (Å²) >= 11 is 3.54. The maximum atomic E-state index is 6.03. The van der Waals surface area contributed by atoms with Crippen molar-refractivity contribution in [2.75, 3.05) is 6.54 Å². The molecular weight excluding hydrogens is 290 g/mol. The smallest absolute Gasteiger partial charge is 0.148 e. The number of rotatable bonds is 5. The van der Waals surface area contributed by atoms with E-state index >= 15 is 0 Å². The highest BCUT2D eigenvalue weighted by molar-refractivity contribution is 9.10. The second-order valence-electron chi connectivity index (χ2n) is 4.73. The highest BCUT2D eigenvalue weighted by atomic mass is 79.9. The van der Waals surface area contributed by atoms with E-state index < -0.39 is 0 Å². The van der Waals surface area contributed by atoms with Crippen LogP contribution in [-0.4, -0.2) is 6.54 Å². The molecule has 0 spiro atoms. The molecule has 2 atom stereocenters. The highest BCUT2D eigenvalue weighted by Crippen LogP contribution is 2.32. The maximum Gasteiger partial charge on any atom is 0.148 e. The van der Waals surface area contributed by atoms with Crippen LogP contribution in [0.2, 0.25) is 0 Å². The van der Waals surface area contributed by atoms with Crippen LogP contribution in [0.1, 0.15) is 39.0 Å². The van der Waals surface area contributed by atoms with Gasteiger partial charge < -0.3 is 9.73 Å². The van der Waals surface area contributed by atoms with Crippen LogP contribution in [0.25, 0.3) is 11.0 Å². The predicted octanol–water partition coefficient (Wildman–Crippen LogP) is 4.89. The lowest BCUT2D eigenvalue weighted by molar-refractivity contribution is 0.331. The molecule has 98 valence electrons. The summed E-state index contributed by atoms with van der Waals surface area (Å²) in [5.74, 6) is 1.59. The van der Waals surface area contributed by atoms with Gasteiger partial charge in [0.15, 0.2) is 0 Å². The third kappa shape index (κ3) is 2.62. The molecule has 0 aliphatic rings. The lowest BCUT2D eigenvalue weighted by Gasteiger charge is -2.21. The summed E-state index contributed by atoms with van der Waals surface area (Å²) in [6, 6.07) is 8.59. The minimum atomic E-state index is 0.291. The number of hydrogen-bond donors (Lipinski definition) is 1. The van der Waals surface area contributed by atoms with Crippen LogP contribution in [-0.2, 0) is 0 Å². The van der Waals surface area contributed by atoms with Gasteiger partial charge in [0.25, 0.3) is 0 Å². The fourth-order valence-electron chi connectivity index (χ4n) is 2.24. The van der Waals surface area contributed by atoms with Crippen molar-refractivity contribution >= 4 is 26.9 Å². The zero-order valence-electron chi connectivity index (χ0n) is 11.2. The van der Waals surface area contributed by atoms with Crippen LogP contribution >= 0.6 is 15.9 Å². The lowest BCUT2D eigenvalue weighted by atomic mass is 9.97. The van der Waals surface area contributed by atoms with Gasteiger partial charge in [-0.25, -0.2) is 0 Å². The van der Waals surface area contributed by atoms with E-state index in [0.717, 1.165) is 34.2 Å². The zero-order valence-corrected chi connectivity index (χ0v) is 12.8. The van der Waals surface area contributed by atoms with Gasteiger partial charge in [0, 0.05) is 5.39 Å². The summed E-state index contributed by atoms with van der Waals surface area (Å²) in [5.41, 5.74) is 0.943. The van der Waals surface area contributed by atoms with E-state index in [1.54, 1.807) is 0 Å². The van der Waals surface area contributed by atoms with Crippen LogP contribution < -0.4 is 5.32 Å². The highest BCUT2D eigenvalue weighted by Gasteiger charge is 2.21. The molecule has 0 bridgehead atoms.